The zero-order valence-corrected chi connectivity index (χ0v) is 10.3. The molecule has 0 spiro atoms. The first-order chi connectivity index (χ1) is 9.58. The van der Waals surface area contributed by atoms with E-state index in [0.717, 1.165) is 11.0 Å². The minimum atomic E-state index is -0.740. The number of hydrogen-bond donors (Lipinski definition) is 1. The number of benzene rings is 2. The van der Waals surface area contributed by atoms with Gasteiger partial charge in [-0.1, -0.05) is 18.2 Å². The molecule has 0 saturated heterocycles. The molecule has 0 fully saturated rings. The molecule has 0 aromatic heterocycles. The molecular formula is C15H10FNO3. The van der Waals surface area contributed by atoms with Gasteiger partial charge in [-0.25, -0.2) is 4.39 Å². The molecule has 0 saturated carbocycles. The molecule has 0 radical (unpaired) electrons. The highest BCUT2D eigenvalue weighted by Crippen LogP contribution is 2.25. The van der Waals surface area contributed by atoms with Crippen molar-refractivity contribution < 1.29 is 19.1 Å². The molecular weight excluding hydrogens is 261 g/mol. The predicted octanol–water partition coefficient (Wildman–Crippen LogP) is 2.33. The second-order valence-corrected chi connectivity index (χ2v) is 4.53. The number of fused-ring (bicyclic) bond motifs is 1. The number of hydrogen-bond acceptors (Lipinski definition) is 3. The average molecular weight is 271 g/mol. The summed E-state index contributed by atoms with van der Waals surface area (Å²) in [5, 5.41) is 9.32. The Morgan fingerprint density at radius 1 is 1.00 bits per heavy atom. The molecule has 0 aliphatic carbocycles. The van der Waals surface area contributed by atoms with Crippen molar-refractivity contribution in [1.82, 2.24) is 4.90 Å². The molecule has 2 amide bonds. The highest BCUT2D eigenvalue weighted by atomic mass is 19.1. The first-order valence-corrected chi connectivity index (χ1v) is 6.00. The molecule has 0 unspecified atom stereocenters. The minimum Gasteiger partial charge on any atom is -0.505 e. The molecule has 2 aromatic carbocycles. The number of carbonyl (C=O) groups excluding carboxylic acids is 2. The molecule has 1 aliphatic rings. The van der Waals surface area contributed by atoms with Crippen molar-refractivity contribution in [2.75, 3.05) is 0 Å². The van der Waals surface area contributed by atoms with E-state index in [9.17, 15) is 19.1 Å². The third-order valence-electron chi connectivity index (χ3n) is 3.23. The quantitative estimate of drug-likeness (QED) is 0.853. The second-order valence-electron chi connectivity index (χ2n) is 4.53. The molecule has 4 nitrogen and oxygen atoms in total. The minimum absolute atomic E-state index is 0.000185. The summed E-state index contributed by atoms with van der Waals surface area (Å²) in [6, 6.07) is 10.3. The first kappa shape index (κ1) is 12.3. The van der Waals surface area contributed by atoms with Crippen LogP contribution in [0, 0.1) is 5.82 Å². The monoisotopic (exact) mass is 271 g/mol. The molecule has 3 rings (SSSR count). The van der Waals surface area contributed by atoms with E-state index in [1.807, 2.05) is 0 Å². The lowest BCUT2D eigenvalue weighted by molar-refractivity contribution is 0.0642. The normalized spacial score (nSPS) is 13.8. The third-order valence-corrected chi connectivity index (χ3v) is 3.23. The predicted molar refractivity (Wildman–Crippen MR) is 68.7 cm³/mol. The summed E-state index contributed by atoms with van der Waals surface area (Å²) in [7, 11) is 0. The van der Waals surface area contributed by atoms with Crippen LogP contribution in [0.3, 0.4) is 0 Å². The van der Waals surface area contributed by atoms with Crippen molar-refractivity contribution in [3.05, 3.63) is 65.0 Å². The topological polar surface area (TPSA) is 57.6 Å². The molecule has 1 heterocycles. The number of nitrogens with zero attached hydrogens (tertiary/aromatic N) is 1. The summed E-state index contributed by atoms with van der Waals surface area (Å²) >= 11 is 0. The summed E-state index contributed by atoms with van der Waals surface area (Å²) in [5.74, 6) is -2.00. The van der Waals surface area contributed by atoms with Crippen molar-refractivity contribution >= 4 is 11.8 Å². The first-order valence-electron chi connectivity index (χ1n) is 6.00. The van der Waals surface area contributed by atoms with E-state index >= 15 is 0 Å². The zero-order chi connectivity index (χ0) is 14.3. The van der Waals surface area contributed by atoms with Gasteiger partial charge in [-0.05, 0) is 29.8 Å². The van der Waals surface area contributed by atoms with Crippen LogP contribution in [0.2, 0.25) is 0 Å². The number of rotatable bonds is 2. The Bertz CT molecular complexity index is 692. The Balaban J connectivity index is 1.91. The van der Waals surface area contributed by atoms with E-state index in [2.05, 4.69) is 0 Å². The van der Waals surface area contributed by atoms with Crippen LogP contribution >= 0.6 is 0 Å². The van der Waals surface area contributed by atoms with Crippen LogP contribution in [-0.2, 0) is 6.54 Å². The number of phenols is 1. The van der Waals surface area contributed by atoms with Crippen LogP contribution in [0.4, 0.5) is 4.39 Å². The maximum atomic E-state index is 13.0. The van der Waals surface area contributed by atoms with Crippen LogP contribution in [0.15, 0.2) is 42.5 Å². The molecule has 2 aromatic rings. The van der Waals surface area contributed by atoms with Crippen LogP contribution in [0.25, 0.3) is 0 Å². The highest BCUT2D eigenvalue weighted by Gasteiger charge is 2.34. The van der Waals surface area contributed by atoms with Gasteiger partial charge < -0.3 is 5.11 Å². The summed E-state index contributed by atoms with van der Waals surface area (Å²) in [6.45, 7) is 0.000185. The molecule has 1 N–H and O–H groups in total. The molecule has 100 valence electrons. The van der Waals surface area contributed by atoms with Crippen molar-refractivity contribution in [1.29, 1.82) is 0 Å². The summed E-state index contributed by atoms with van der Waals surface area (Å²) in [4.78, 5) is 25.3. The maximum absolute atomic E-state index is 13.0. The van der Waals surface area contributed by atoms with Gasteiger partial charge in [0.1, 0.15) is 0 Å². The lowest BCUT2D eigenvalue weighted by atomic mass is 10.1. The van der Waals surface area contributed by atoms with Crippen molar-refractivity contribution in [3.63, 3.8) is 0 Å². The summed E-state index contributed by atoms with van der Waals surface area (Å²) in [5.41, 5.74) is 1.21. The Labute approximate surface area is 114 Å². The Morgan fingerprint density at radius 2 is 1.60 bits per heavy atom. The molecule has 0 bridgehead atoms. The van der Waals surface area contributed by atoms with E-state index in [-0.39, 0.29) is 18.4 Å². The molecule has 5 heteroatoms. The van der Waals surface area contributed by atoms with E-state index < -0.39 is 11.6 Å². The smallest absolute Gasteiger partial charge is 0.261 e. The summed E-state index contributed by atoms with van der Waals surface area (Å²) < 4.78 is 13.0. The fourth-order valence-electron chi connectivity index (χ4n) is 2.22. The Kier molecular flexibility index (Phi) is 2.75. The Hall–Kier alpha value is -2.69. The fraction of sp³-hybridized carbons (Fsp3) is 0.0667. The number of carbonyl (C=O) groups is 2. The Morgan fingerprint density at radius 3 is 2.15 bits per heavy atom. The standard InChI is InChI=1S/C15H10FNO3/c16-12-6-5-9(7-13(12)18)8-17-14(19)10-3-1-2-4-11(10)15(17)20/h1-7,18H,8H2. The largest absolute Gasteiger partial charge is 0.505 e. The lowest BCUT2D eigenvalue weighted by Crippen LogP contribution is -2.29. The van der Waals surface area contributed by atoms with E-state index in [4.69, 9.17) is 0 Å². The van der Waals surface area contributed by atoms with Crippen molar-refractivity contribution in [2.24, 2.45) is 0 Å². The average Bonchev–Trinajstić information content (AvgIpc) is 2.69. The van der Waals surface area contributed by atoms with E-state index in [1.165, 1.54) is 12.1 Å². The zero-order valence-electron chi connectivity index (χ0n) is 10.3. The SMILES string of the molecule is O=C1c2ccccc2C(=O)N1Cc1ccc(F)c(O)c1. The van der Waals surface area contributed by atoms with Gasteiger partial charge in [0.15, 0.2) is 11.6 Å². The lowest BCUT2D eigenvalue weighted by Gasteiger charge is -2.14. The van der Waals surface area contributed by atoms with Gasteiger partial charge in [-0.2, -0.15) is 0 Å². The summed E-state index contributed by atoms with van der Waals surface area (Å²) in [6.07, 6.45) is 0. The van der Waals surface area contributed by atoms with Crippen LogP contribution in [0.5, 0.6) is 5.75 Å². The number of phenolic OH excluding ortho intramolecular Hbond substituents is 1. The van der Waals surface area contributed by atoms with Gasteiger partial charge in [0.05, 0.1) is 17.7 Å². The van der Waals surface area contributed by atoms with E-state index in [0.29, 0.717) is 16.7 Å². The van der Waals surface area contributed by atoms with Crippen LogP contribution < -0.4 is 0 Å². The van der Waals surface area contributed by atoms with E-state index in [1.54, 1.807) is 24.3 Å². The van der Waals surface area contributed by atoms with Gasteiger partial charge in [0.25, 0.3) is 11.8 Å². The van der Waals surface area contributed by atoms with Gasteiger partial charge in [0.2, 0.25) is 0 Å². The van der Waals surface area contributed by atoms with Crippen LogP contribution in [-0.4, -0.2) is 21.8 Å². The number of aromatic hydroxyl groups is 1. The highest BCUT2D eigenvalue weighted by molar-refractivity contribution is 6.21. The van der Waals surface area contributed by atoms with Gasteiger partial charge in [-0.3, -0.25) is 14.5 Å². The second kappa shape index (κ2) is 4.45. The number of amides is 2. The van der Waals surface area contributed by atoms with Gasteiger partial charge in [-0.15, -0.1) is 0 Å². The fourth-order valence-corrected chi connectivity index (χ4v) is 2.22. The molecule has 1 aliphatic heterocycles. The van der Waals surface area contributed by atoms with Gasteiger partial charge >= 0.3 is 0 Å². The maximum Gasteiger partial charge on any atom is 0.261 e. The van der Waals surface area contributed by atoms with Crippen molar-refractivity contribution in [2.45, 2.75) is 6.54 Å². The number of halogens is 1. The number of imide groups is 1. The third kappa shape index (κ3) is 1.84. The molecule has 20 heavy (non-hydrogen) atoms. The van der Waals surface area contributed by atoms with Crippen LogP contribution in [0.1, 0.15) is 26.3 Å². The van der Waals surface area contributed by atoms with Gasteiger partial charge in [0, 0.05) is 0 Å². The molecule has 0 atom stereocenters. The van der Waals surface area contributed by atoms with Crippen molar-refractivity contribution in [3.8, 4) is 5.75 Å².